The number of nitrogens with zero attached hydrogens (tertiary/aromatic N) is 5. The summed E-state index contributed by atoms with van der Waals surface area (Å²) in [6.45, 7) is 7.27. The van der Waals surface area contributed by atoms with E-state index in [1.165, 1.54) is 0 Å². The largest absolute Gasteiger partial charge is 0.388 e. The normalized spacial score (nSPS) is 19.2. The first kappa shape index (κ1) is 16.9. The molecule has 0 bridgehead atoms. The van der Waals surface area contributed by atoms with E-state index < -0.39 is 6.10 Å². The number of aliphatic hydroxyl groups excluding tert-OH is 1. The summed E-state index contributed by atoms with van der Waals surface area (Å²) in [5.74, 6) is 1.19. The Balaban J connectivity index is 1.78. The molecule has 2 atom stereocenters. The van der Waals surface area contributed by atoms with Crippen LogP contribution in [0.2, 0.25) is 0 Å². The van der Waals surface area contributed by atoms with E-state index >= 15 is 0 Å². The molecular formula is C18H27N5O. The van der Waals surface area contributed by atoms with Crippen molar-refractivity contribution in [1.29, 1.82) is 0 Å². The van der Waals surface area contributed by atoms with Gasteiger partial charge in [0.1, 0.15) is 0 Å². The van der Waals surface area contributed by atoms with E-state index in [1.807, 2.05) is 20.2 Å². The molecule has 2 aromatic rings. The molecule has 130 valence electrons. The molecule has 6 nitrogen and oxygen atoms in total. The molecule has 0 radical (unpaired) electrons. The zero-order valence-corrected chi connectivity index (χ0v) is 15.0. The van der Waals surface area contributed by atoms with Crippen LogP contribution in [0.3, 0.4) is 0 Å². The highest BCUT2D eigenvalue weighted by atomic mass is 16.3. The lowest BCUT2D eigenvalue weighted by Crippen LogP contribution is -2.32. The Kier molecular flexibility index (Phi) is 4.85. The lowest BCUT2D eigenvalue weighted by atomic mass is 10.0. The predicted octanol–water partition coefficient (Wildman–Crippen LogP) is 2.73. The number of anilines is 1. The van der Waals surface area contributed by atoms with Crippen molar-refractivity contribution in [2.75, 3.05) is 11.4 Å². The topological polar surface area (TPSA) is 67.1 Å². The van der Waals surface area contributed by atoms with E-state index in [1.54, 1.807) is 10.9 Å². The Bertz CT molecular complexity index is 696. The van der Waals surface area contributed by atoms with Gasteiger partial charge in [-0.3, -0.25) is 4.68 Å². The van der Waals surface area contributed by atoms with Crippen LogP contribution >= 0.6 is 0 Å². The van der Waals surface area contributed by atoms with Crippen LogP contribution in [0.4, 0.5) is 5.95 Å². The molecule has 0 aliphatic carbocycles. The maximum atomic E-state index is 10.5. The van der Waals surface area contributed by atoms with Crippen LogP contribution < -0.4 is 4.90 Å². The van der Waals surface area contributed by atoms with Crippen molar-refractivity contribution in [3.8, 4) is 0 Å². The summed E-state index contributed by atoms with van der Waals surface area (Å²) in [5.41, 5.74) is 2.95. The van der Waals surface area contributed by atoms with Crippen molar-refractivity contribution in [3.63, 3.8) is 0 Å². The SMILES string of the molecule is Cc1cc(C(C)C)nc(N2CCCC2CC(O)c2cnn(C)c2)n1. The second-order valence-corrected chi connectivity index (χ2v) is 7.08. The zero-order chi connectivity index (χ0) is 17.3. The molecule has 1 aliphatic heterocycles. The van der Waals surface area contributed by atoms with Crippen LogP contribution in [0.25, 0.3) is 0 Å². The Morgan fingerprint density at radius 3 is 2.79 bits per heavy atom. The van der Waals surface area contributed by atoms with Crippen LogP contribution in [0.1, 0.15) is 62.1 Å². The van der Waals surface area contributed by atoms with Gasteiger partial charge in [-0.15, -0.1) is 0 Å². The van der Waals surface area contributed by atoms with Crippen molar-refractivity contribution in [2.24, 2.45) is 7.05 Å². The summed E-state index contributed by atoms with van der Waals surface area (Å²) in [5, 5.41) is 14.7. The highest BCUT2D eigenvalue weighted by molar-refractivity contribution is 5.36. The smallest absolute Gasteiger partial charge is 0.226 e. The molecule has 1 N–H and O–H groups in total. The van der Waals surface area contributed by atoms with Crippen LogP contribution in [0.15, 0.2) is 18.5 Å². The summed E-state index contributed by atoms with van der Waals surface area (Å²) >= 11 is 0. The van der Waals surface area contributed by atoms with Gasteiger partial charge in [0, 0.05) is 42.8 Å². The molecule has 1 aliphatic rings. The van der Waals surface area contributed by atoms with Crippen molar-refractivity contribution < 1.29 is 5.11 Å². The Hall–Kier alpha value is -1.95. The molecular weight excluding hydrogens is 302 g/mol. The van der Waals surface area contributed by atoms with Gasteiger partial charge >= 0.3 is 0 Å². The van der Waals surface area contributed by atoms with Crippen molar-refractivity contribution in [1.82, 2.24) is 19.7 Å². The molecule has 0 saturated carbocycles. The highest BCUT2D eigenvalue weighted by Crippen LogP contribution is 2.30. The van der Waals surface area contributed by atoms with Crippen molar-refractivity contribution >= 4 is 5.95 Å². The molecule has 0 spiro atoms. The van der Waals surface area contributed by atoms with Gasteiger partial charge < -0.3 is 10.0 Å². The third kappa shape index (κ3) is 3.59. The summed E-state index contributed by atoms with van der Waals surface area (Å²) in [7, 11) is 1.87. The lowest BCUT2D eigenvalue weighted by Gasteiger charge is -2.27. The van der Waals surface area contributed by atoms with E-state index in [0.29, 0.717) is 12.3 Å². The second-order valence-electron chi connectivity index (χ2n) is 7.08. The van der Waals surface area contributed by atoms with E-state index in [9.17, 15) is 5.11 Å². The fourth-order valence-corrected chi connectivity index (χ4v) is 3.35. The molecule has 1 fully saturated rings. The highest BCUT2D eigenvalue weighted by Gasteiger charge is 2.29. The monoisotopic (exact) mass is 329 g/mol. The molecule has 2 aromatic heterocycles. The minimum absolute atomic E-state index is 0.266. The predicted molar refractivity (Wildman–Crippen MR) is 94.0 cm³/mol. The first-order valence-electron chi connectivity index (χ1n) is 8.73. The van der Waals surface area contributed by atoms with E-state index in [2.05, 4.69) is 34.9 Å². The first-order valence-corrected chi connectivity index (χ1v) is 8.73. The molecule has 0 amide bonds. The lowest BCUT2D eigenvalue weighted by molar-refractivity contribution is 0.158. The Morgan fingerprint density at radius 2 is 2.12 bits per heavy atom. The van der Waals surface area contributed by atoms with Gasteiger partial charge in [-0.2, -0.15) is 5.10 Å². The van der Waals surface area contributed by atoms with Gasteiger partial charge in [0.05, 0.1) is 12.3 Å². The van der Waals surface area contributed by atoms with Crippen LogP contribution in [-0.2, 0) is 7.05 Å². The van der Waals surface area contributed by atoms with E-state index in [0.717, 1.165) is 42.3 Å². The van der Waals surface area contributed by atoms with Gasteiger partial charge in [0.2, 0.25) is 5.95 Å². The maximum absolute atomic E-state index is 10.5. The number of aliphatic hydroxyl groups is 1. The molecule has 3 heterocycles. The Labute approximate surface area is 143 Å². The fourth-order valence-electron chi connectivity index (χ4n) is 3.35. The van der Waals surface area contributed by atoms with Crippen LogP contribution in [0.5, 0.6) is 0 Å². The molecule has 3 rings (SSSR count). The number of aryl methyl sites for hydroxylation is 2. The quantitative estimate of drug-likeness (QED) is 0.913. The summed E-state index contributed by atoms with van der Waals surface area (Å²) in [6.07, 6.45) is 5.97. The third-order valence-electron chi connectivity index (χ3n) is 4.69. The van der Waals surface area contributed by atoms with Gasteiger partial charge in [0.25, 0.3) is 0 Å². The maximum Gasteiger partial charge on any atom is 0.226 e. The summed E-state index contributed by atoms with van der Waals surface area (Å²) in [4.78, 5) is 11.7. The van der Waals surface area contributed by atoms with E-state index in [4.69, 9.17) is 4.98 Å². The first-order chi connectivity index (χ1) is 11.4. The number of rotatable bonds is 5. The average molecular weight is 329 g/mol. The minimum Gasteiger partial charge on any atom is -0.388 e. The number of aromatic nitrogens is 4. The number of hydrogen-bond donors (Lipinski definition) is 1. The van der Waals surface area contributed by atoms with E-state index in [-0.39, 0.29) is 6.04 Å². The molecule has 6 heteroatoms. The van der Waals surface area contributed by atoms with Gasteiger partial charge in [-0.05, 0) is 38.2 Å². The second kappa shape index (κ2) is 6.89. The van der Waals surface area contributed by atoms with Crippen molar-refractivity contribution in [2.45, 2.75) is 58.1 Å². The standard InChI is InChI=1S/C18H27N5O/c1-12(2)16-8-13(3)20-18(21-16)23-7-5-6-15(23)9-17(24)14-10-19-22(4)11-14/h8,10-12,15,17,24H,5-7,9H2,1-4H3. The third-order valence-corrected chi connectivity index (χ3v) is 4.69. The minimum atomic E-state index is -0.501. The molecule has 1 saturated heterocycles. The molecule has 0 aromatic carbocycles. The van der Waals surface area contributed by atoms with Gasteiger partial charge in [-0.1, -0.05) is 13.8 Å². The fraction of sp³-hybridized carbons (Fsp3) is 0.611. The molecule has 24 heavy (non-hydrogen) atoms. The van der Waals surface area contributed by atoms with Crippen LogP contribution in [0, 0.1) is 6.92 Å². The van der Waals surface area contributed by atoms with Crippen LogP contribution in [-0.4, -0.2) is 37.4 Å². The van der Waals surface area contributed by atoms with Gasteiger partial charge in [-0.25, -0.2) is 9.97 Å². The Morgan fingerprint density at radius 1 is 1.33 bits per heavy atom. The van der Waals surface area contributed by atoms with Gasteiger partial charge in [0.15, 0.2) is 0 Å². The average Bonchev–Trinajstić information content (AvgIpc) is 3.15. The summed E-state index contributed by atoms with van der Waals surface area (Å²) in [6, 6.07) is 2.33. The zero-order valence-electron chi connectivity index (χ0n) is 15.0. The summed E-state index contributed by atoms with van der Waals surface area (Å²) < 4.78 is 1.73. The van der Waals surface area contributed by atoms with Crippen molar-refractivity contribution in [3.05, 3.63) is 35.4 Å². The molecule has 2 unspecified atom stereocenters. The number of hydrogen-bond acceptors (Lipinski definition) is 5.